The number of hydrogen-bond acceptors (Lipinski definition) is 3. The van der Waals surface area contributed by atoms with Gasteiger partial charge in [-0.2, -0.15) is 11.3 Å². The lowest BCUT2D eigenvalue weighted by Crippen LogP contribution is -3.14. The molecule has 2 rings (SSSR count). The standard InChI is InChI=1S/C14H21N3O2S/c1-16(8-11-4-7-20-10-11)13(18)9-17-5-2-12(3-6-17)14(15)19/h4,7,10,12H,2-3,5-6,8-9H2,1H3,(H2,15,19)/p+1. The highest BCUT2D eigenvalue weighted by atomic mass is 32.1. The van der Waals surface area contributed by atoms with E-state index in [0.717, 1.165) is 25.9 Å². The number of nitrogens with zero attached hydrogens (tertiary/aromatic N) is 1. The molecule has 1 aromatic rings. The van der Waals surface area contributed by atoms with Crippen molar-refractivity contribution in [2.45, 2.75) is 19.4 Å². The number of rotatable bonds is 5. The summed E-state index contributed by atoms with van der Waals surface area (Å²) >= 11 is 1.64. The molecule has 110 valence electrons. The summed E-state index contributed by atoms with van der Waals surface area (Å²) in [7, 11) is 1.84. The molecule has 1 saturated heterocycles. The fourth-order valence-electron chi connectivity index (χ4n) is 2.58. The number of piperidine rings is 1. The summed E-state index contributed by atoms with van der Waals surface area (Å²) in [6.45, 7) is 2.88. The molecule has 0 spiro atoms. The normalized spacial score (nSPS) is 22.4. The monoisotopic (exact) mass is 296 g/mol. The summed E-state index contributed by atoms with van der Waals surface area (Å²) in [5, 5.41) is 4.09. The van der Waals surface area contributed by atoms with Gasteiger partial charge >= 0.3 is 0 Å². The second kappa shape index (κ2) is 6.85. The van der Waals surface area contributed by atoms with Crippen LogP contribution in [0, 0.1) is 5.92 Å². The summed E-state index contributed by atoms with van der Waals surface area (Å²) < 4.78 is 0. The Kier molecular flexibility index (Phi) is 5.14. The van der Waals surface area contributed by atoms with Crippen LogP contribution < -0.4 is 10.6 Å². The van der Waals surface area contributed by atoms with Crippen molar-refractivity contribution in [3.8, 4) is 0 Å². The van der Waals surface area contributed by atoms with E-state index < -0.39 is 0 Å². The number of thiophene rings is 1. The highest BCUT2D eigenvalue weighted by Gasteiger charge is 2.27. The molecule has 2 heterocycles. The van der Waals surface area contributed by atoms with Crippen LogP contribution in [-0.4, -0.2) is 43.4 Å². The molecule has 5 nitrogen and oxygen atoms in total. The molecule has 2 amide bonds. The van der Waals surface area contributed by atoms with Crippen LogP contribution in [0.3, 0.4) is 0 Å². The Labute approximate surface area is 123 Å². The first kappa shape index (κ1) is 15.0. The van der Waals surface area contributed by atoms with Gasteiger partial charge in [-0.05, 0) is 22.4 Å². The fraction of sp³-hybridized carbons (Fsp3) is 0.571. The Hall–Kier alpha value is -1.40. The fourth-order valence-corrected chi connectivity index (χ4v) is 3.24. The van der Waals surface area contributed by atoms with Gasteiger partial charge in [-0.15, -0.1) is 0 Å². The van der Waals surface area contributed by atoms with Crippen molar-refractivity contribution < 1.29 is 14.5 Å². The van der Waals surface area contributed by atoms with Gasteiger partial charge in [0.2, 0.25) is 5.91 Å². The first-order chi connectivity index (χ1) is 9.56. The Morgan fingerprint density at radius 3 is 2.70 bits per heavy atom. The molecule has 0 unspecified atom stereocenters. The average Bonchev–Trinajstić information content (AvgIpc) is 2.92. The molecule has 0 radical (unpaired) electrons. The molecular weight excluding hydrogens is 274 g/mol. The van der Waals surface area contributed by atoms with Crippen molar-refractivity contribution in [3.63, 3.8) is 0 Å². The van der Waals surface area contributed by atoms with Crippen molar-refractivity contribution in [1.29, 1.82) is 0 Å². The van der Waals surface area contributed by atoms with Crippen LogP contribution in [0.4, 0.5) is 0 Å². The predicted octanol–water partition coefficient (Wildman–Crippen LogP) is -0.513. The number of carbonyl (C=O) groups is 2. The Bertz CT molecular complexity index is 453. The molecule has 3 N–H and O–H groups in total. The van der Waals surface area contributed by atoms with Gasteiger partial charge in [-0.1, -0.05) is 0 Å². The van der Waals surface area contributed by atoms with E-state index >= 15 is 0 Å². The number of nitrogens with one attached hydrogen (secondary N) is 1. The van der Waals surface area contributed by atoms with Gasteiger partial charge in [-0.25, -0.2) is 0 Å². The van der Waals surface area contributed by atoms with Crippen LogP contribution in [0.15, 0.2) is 16.8 Å². The van der Waals surface area contributed by atoms with E-state index in [-0.39, 0.29) is 17.7 Å². The zero-order chi connectivity index (χ0) is 14.5. The summed E-state index contributed by atoms with van der Waals surface area (Å²) in [4.78, 5) is 26.3. The van der Waals surface area contributed by atoms with Crippen molar-refractivity contribution in [2.75, 3.05) is 26.7 Å². The third kappa shape index (κ3) is 4.05. The van der Waals surface area contributed by atoms with E-state index in [1.165, 1.54) is 10.5 Å². The van der Waals surface area contributed by atoms with Gasteiger partial charge in [0.15, 0.2) is 6.54 Å². The van der Waals surface area contributed by atoms with Crippen molar-refractivity contribution in [2.24, 2.45) is 11.7 Å². The summed E-state index contributed by atoms with van der Waals surface area (Å²) in [5.74, 6) is -0.0499. The first-order valence-electron chi connectivity index (χ1n) is 6.94. The van der Waals surface area contributed by atoms with Gasteiger partial charge in [0.05, 0.1) is 13.1 Å². The molecule has 1 fully saturated rings. The summed E-state index contributed by atoms with van der Waals surface area (Å²) in [6.07, 6.45) is 1.60. The van der Waals surface area contributed by atoms with Crippen LogP contribution in [-0.2, 0) is 16.1 Å². The Morgan fingerprint density at radius 2 is 2.15 bits per heavy atom. The van der Waals surface area contributed by atoms with Crippen LogP contribution in [0.1, 0.15) is 18.4 Å². The number of amides is 2. The van der Waals surface area contributed by atoms with Crippen molar-refractivity contribution >= 4 is 23.2 Å². The molecule has 0 aromatic carbocycles. The van der Waals surface area contributed by atoms with Crippen LogP contribution in [0.2, 0.25) is 0 Å². The van der Waals surface area contributed by atoms with E-state index in [0.29, 0.717) is 13.1 Å². The minimum absolute atomic E-state index is 0.00242. The Morgan fingerprint density at radius 1 is 1.45 bits per heavy atom. The van der Waals surface area contributed by atoms with Gasteiger partial charge in [-0.3, -0.25) is 9.59 Å². The number of nitrogens with two attached hydrogens (primary N) is 1. The van der Waals surface area contributed by atoms with E-state index in [1.807, 2.05) is 18.5 Å². The number of quaternary nitrogens is 1. The maximum atomic E-state index is 12.2. The number of likely N-dealkylation sites (N-methyl/N-ethyl adjacent to an activating group) is 1. The largest absolute Gasteiger partial charge is 0.369 e. The molecule has 0 bridgehead atoms. The molecule has 0 saturated carbocycles. The second-order valence-electron chi connectivity index (χ2n) is 5.48. The third-order valence-electron chi connectivity index (χ3n) is 3.92. The van der Waals surface area contributed by atoms with E-state index in [4.69, 9.17) is 5.73 Å². The third-order valence-corrected chi connectivity index (χ3v) is 4.65. The maximum Gasteiger partial charge on any atom is 0.277 e. The van der Waals surface area contributed by atoms with Crippen molar-refractivity contribution in [3.05, 3.63) is 22.4 Å². The molecule has 0 atom stereocenters. The predicted molar refractivity (Wildman–Crippen MR) is 78.3 cm³/mol. The Balaban J connectivity index is 1.76. The number of carbonyl (C=O) groups excluding carboxylic acids is 2. The molecular formula is C14H22N3O2S+. The smallest absolute Gasteiger partial charge is 0.277 e. The highest BCUT2D eigenvalue weighted by Crippen LogP contribution is 2.09. The van der Waals surface area contributed by atoms with E-state index in [2.05, 4.69) is 5.38 Å². The molecule has 1 aliphatic rings. The second-order valence-corrected chi connectivity index (χ2v) is 6.26. The van der Waals surface area contributed by atoms with E-state index in [1.54, 1.807) is 16.2 Å². The SMILES string of the molecule is CN(Cc1ccsc1)C(=O)C[NH+]1CCC(C(N)=O)CC1. The first-order valence-corrected chi connectivity index (χ1v) is 7.88. The number of primary amides is 1. The average molecular weight is 296 g/mol. The maximum absolute atomic E-state index is 12.2. The molecule has 20 heavy (non-hydrogen) atoms. The number of likely N-dealkylation sites (tertiary alicyclic amines) is 1. The summed E-state index contributed by atoms with van der Waals surface area (Å²) in [6, 6.07) is 2.04. The lowest BCUT2D eigenvalue weighted by molar-refractivity contribution is -0.898. The van der Waals surface area contributed by atoms with Crippen LogP contribution in [0.5, 0.6) is 0 Å². The van der Waals surface area contributed by atoms with Gasteiger partial charge in [0.25, 0.3) is 5.91 Å². The van der Waals surface area contributed by atoms with Crippen LogP contribution in [0.25, 0.3) is 0 Å². The van der Waals surface area contributed by atoms with Gasteiger partial charge < -0.3 is 15.5 Å². The lowest BCUT2D eigenvalue weighted by atomic mass is 9.96. The molecule has 0 aliphatic carbocycles. The molecule has 6 heteroatoms. The number of hydrogen-bond donors (Lipinski definition) is 2. The lowest BCUT2D eigenvalue weighted by Gasteiger charge is -2.28. The van der Waals surface area contributed by atoms with Crippen molar-refractivity contribution in [1.82, 2.24) is 4.90 Å². The minimum Gasteiger partial charge on any atom is -0.369 e. The van der Waals surface area contributed by atoms with Gasteiger partial charge in [0, 0.05) is 32.4 Å². The van der Waals surface area contributed by atoms with Crippen LogP contribution >= 0.6 is 11.3 Å². The zero-order valence-corrected chi connectivity index (χ0v) is 12.6. The van der Waals surface area contributed by atoms with Gasteiger partial charge in [0.1, 0.15) is 0 Å². The highest BCUT2D eigenvalue weighted by molar-refractivity contribution is 7.07. The zero-order valence-electron chi connectivity index (χ0n) is 11.8. The topological polar surface area (TPSA) is 67.8 Å². The summed E-state index contributed by atoms with van der Waals surface area (Å²) in [5.41, 5.74) is 6.49. The quantitative estimate of drug-likeness (QED) is 0.768. The molecule has 1 aliphatic heterocycles. The molecule has 1 aromatic heterocycles. The van der Waals surface area contributed by atoms with E-state index in [9.17, 15) is 9.59 Å². The minimum atomic E-state index is -0.204.